The fourth-order valence-corrected chi connectivity index (χ4v) is 3.05. The zero-order chi connectivity index (χ0) is 16.5. The Morgan fingerprint density at radius 3 is 3.04 bits per heavy atom. The summed E-state index contributed by atoms with van der Waals surface area (Å²) in [5.74, 6) is 0.888. The van der Waals surface area contributed by atoms with Crippen LogP contribution in [0.25, 0.3) is 22.1 Å². The van der Waals surface area contributed by atoms with E-state index in [2.05, 4.69) is 62.7 Å². The number of rotatable bonds is 3. The Morgan fingerprint density at radius 2 is 2.21 bits per heavy atom. The normalized spacial score (nSPS) is 18.4. The van der Waals surface area contributed by atoms with E-state index in [9.17, 15) is 0 Å². The molecule has 0 saturated carbocycles. The summed E-state index contributed by atoms with van der Waals surface area (Å²) in [7, 11) is 0. The number of hydrogen-bond donors (Lipinski definition) is 2. The third kappa shape index (κ3) is 2.87. The van der Waals surface area contributed by atoms with Crippen molar-refractivity contribution < 1.29 is 0 Å². The standard InChI is InChI=1S/C18H20N6/c1-11-3-6-13(7-4-11)10-19-23-18-21-17-16(22-24-18)14-9-12(2)5-8-15(14)20-17/h3,5,8-10,13H,4,6-7H2,1-2H3,(H2,20,21,23,24)/b19-10+. The molecule has 2 aromatic heterocycles. The summed E-state index contributed by atoms with van der Waals surface area (Å²) in [6.07, 6.45) is 7.58. The van der Waals surface area contributed by atoms with E-state index in [1.54, 1.807) is 0 Å². The van der Waals surface area contributed by atoms with Gasteiger partial charge in [-0.15, -0.1) is 10.2 Å². The molecule has 122 valence electrons. The lowest BCUT2D eigenvalue weighted by atomic mass is 9.91. The molecule has 2 heterocycles. The van der Waals surface area contributed by atoms with Crippen LogP contribution in [-0.4, -0.2) is 26.4 Å². The second-order valence-electron chi connectivity index (χ2n) is 6.48. The number of hydrogen-bond acceptors (Lipinski definition) is 5. The van der Waals surface area contributed by atoms with Gasteiger partial charge in [0.25, 0.3) is 5.95 Å². The van der Waals surface area contributed by atoms with Crippen molar-refractivity contribution in [1.29, 1.82) is 0 Å². The molecule has 0 bridgehead atoms. The predicted molar refractivity (Wildman–Crippen MR) is 97.1 cm³/mol. The number of nitrogens with one attached hydrogen (secondary N) is 2. The van der Waals surface area contributed by atoms with Crippen molar-refractivity contribution in [2.24, 2.45) is 11.0 Å². The lowest BCUT2D eigenvalue weighted by Gasteiger charge is -2.15. The van der Waals surface area contributed by atoms with E-state index >= 15 is 0 Å². The van der Waals surface area contributed by atoms with Crippen molar-refractivity contribution in [3.05, 3.63) is 35.4 Å². The third-order valence-corrected chi connectivity index (χ3v) is 4.50. The smallest absolute Gasteiger partial charge is 0.265 e. The van der Waals surface area contributed by atoms with Crippen LogP contribution in [0.4, 0.5) is 5.95 Å². The van der Waals surface area contributed by atoms with Gasteiger partial charge in [0.1, 0.15) is 5.52 Å². The first-order valence-corrected chi connectivity index (χ1v) is 8.26. The fourth-order valence-electron chi connectivity index (χ4n) is 3.05. The lowest BCUT2D eigenvalue weighted by Crippen LogP contribution is -2.07. The maximum absolute atomic E-state index is 4.47. The Labute approximate surface area is 140 Å². The van der Waals surface area contributed by atoms with Crippen LogP contribution >= 0.6 is 0 Å². The molecule has 1 atom stereocenters. The van der Waals surface area contributed by atoms with Crippen molar-refractivity contribution in [1.82, 2.24) is 20.2 Å². The molecule has 0 aliphatic heterocycles. The highest BCUT2D eigenvalue weighted by atomic mass is 15.4. The van der Waals surface area contributed by atoms with Crippen molar-refractivity contribution in [3.8, 4) is 0 Å². The largest absolute Gasteiger partial charge is 0.338 e. The molecule has 1 aromatic carbocycles. The van der Waals surface area contributed by atoms with Gasteiger partial charge in [0.15, 0.2) is 5.65 Å². The van der Waals surface area contributed by atoms with Gasteiger partial charge < -0.3 is 4.98 Å². The Kier molecular flexibility index (Phi) is 3.72. The van der Waals surface area contributed by atoms with E-state index in [4.69, 9.17) is 0 Å². The Hall–Kier alpha value is -2.76. The second-order valence-corrected chi connectivity index (χ2v) is 6.48. The van der Waals surface area contributed by atoms with Crippen LogP contribution in [-0.2, 0) is 0 Å². The highest BCUT2D eigenvalue weighted by Crippen LogP contribution is 2.24. The summed E-state index contributed by atoms with van der Waals surface area (Å²) in [5, 5.41) is 13.8. The molecule has 6 nitrogen and oxygen atoms in total. The van der Waals surface area contributed by atoms with Crippen LogP contribution in [0.15, 0.2) is 34.9 Å². The molecule has 0 spiro atoms. The minimum absolute atomic E-state index is 0.407. The summed E-state index contributed by atoms with van der Waals surface area (Å²) >= 11 is 0. The Morgan fingerprint density at radius 1 is 1.29 bits per heavy atom. The molecule has 2 N–H and O–H groups in total. The number of anilines is 1. The molecule has 0 amide bonds. The van der Waals surface area contributed by atoms with Crippen molar-refractivity contribution in [3.63, 3.8) is 0 Å². The zero-order valence-corrected chi connectivity index (χ0v) is 13.9. The number of allylic oxidation sites excluding steroid dienone is 2. The minimum atomic E-state index is 0.407. The molecule has 4 rings (SSSR count). The monoisotopic (exact) mass is 320 g/mol. The first-order valence-electron chi connectivity index (χ1n) is 8.26. The lowest BCUT2D eigenvalue weighted by molar-refractivity contribution is 0.607. The average molecular weight is 320 g/mol. The van der Waals surface area contributed by atoms with Crippen molar-refractivity contribution in [2.45, 2.75) is 33.1 Å². The highest BCUT2D eigenvalue weighted by molar-refractivity contribution is 6.03. The molecule has 6 heteroatoms. The van der Waals surface area contributed by atoms with Crippen LogP contribution in [0.1, 0.15) is 31.7 Å². The minimum Gasteiger partial charge on any atom is -0.338 e. The molecule has 24 heavy (non-hydrogen) atoms. The quantitative estimate of drug-likeness (QED) is 0.435. The Bertz CT molecular complexity index is 953. The highest BCUT2D eigenvalue weighted by Gasteiger charge is 2.11. The number of nitrogens with zero attached hydrogens (tertiary/aromatic N) is 4. The SMILES string of the molecule is CC1=CCC(/C=N/Nc2nnc3c(n2)[nH]c2ccc(C)cc23)CC1. The fraction of sp³-hybridized carbons (Fsp3) is 0.333. The van der Waals surface area contributed by atoms with E-state index in [0.717, 1.165) is 41.3 Å². The number of aromatic nitrogens is 4. The maximum atomic E-state index is 4.47. The number of benzene rings is 1. The molecular weight excluding hydrogens is 300 g/mol. The van der Waals surface area contributed by atoms with Crippen LogP contribution < -0.4 is 5.43 Å². The summed E-state index contributed by atoms with van der Waals surface area (Å²) in [6, 6.07) is 6.20. The van der Waals surface area contributed by atoms with Gasteiger partial charge in [-0.1, -0.05) is 23.3 Å². The summed E-state index contributed by atoms with van der Waals surface area (Å²) in [6.45, 7) is 4.24. The van der Waals surface area contributed by atoms with E-state index in [1.165, 1.54) is 11.1 Å². The van der Waals surface area contributed by atoms with Crippen molar-refractivity contribution >= 4 is 34.2 Å². The van der Waals surface area contributed by atoms with E-state index < -0.39 is 0 Å². The van der Waals surface area contributed by atoms with Crippen LogP contribution in [0.2, 0.25) is 0 Å². The van der Waals surface area contributed by atoms with Gasteiger partial charge in [0.2, 0.25) is 0 Å². The Balaban J connectivity index is 1.54. The molecule has 0 saturated heterocycles. The number of aryl methyl sites for hydroxylation is 1. The topological polar surface area (TPSA) is 78.8 Å². The maximum Gasteiger partial charge on any atom is 0.265 e. The molecule has 1 aliphatic rings. The molecular formula is C18H20N6. The van der Waals surface area contributed by atoms with Gasteiger partial charge in [-0.3, -0.25) is 0 Å². The van der Waals surface area contributed by atoms with Gasteiger partial charge >= 0.3 is 0 Å². The van der Waals surface area contributed by atoms with E-state index in [1.807, 2.05) is 12.3 Å². The van der Waals surface area contributed by atoms with Crippen LogP contribution in [0, 0.1) is 12.8 Å². The number of H-pyrrole nitrogens is 1. The molecule has 0 radical (unpaired) electrons. The summed E-state index contributed by atoms with van der Waals surface area (Å²) < 4.78 is 0. The van der Waals surface area contributed by atoms with E-state index in [0.29, 0.717) is 11.9 Å². The first-order chi connectivity index (χ1) is 11.7. The predicted octanol–water partition coefficient (Wildman–Crippen LogP) is 3.96. The van der Waals surface area contributed by atoms with Crippen LogP contribution in [0.3, 0.4) is 0 Å². The second kappa shape index (κ2) is 6.03. The first kappa shape index (κ1) is 14.8. The molecule has 1 aliphatic carbocycles. The van der Waals surface area contributed by atoms with Gasteiger partial charge in [-0.2, -0.15) is 10.1 Å². The average Bonchev–Trinajstić information content (AvgIpc) is 2.94. The van der Waals surface area contributed by atoms with Gasteiger partial charge in [0, 0.05) is 17.1 Å². The summed E-state index contributed by atoms with van der Waals surface area (Å²) in [4.78, 5) is 7.75. The number of hydrazone groups is 1. The van der Waals surface area contributed by atoms with Crippen LogP contribution in [0.5, 0.6) is 0 Å². The molecule has 3 aromatic rings. The summed E-state index contributed by atoms with van der Waals surface area (Å²) in [5.41, 5.74) is 8.08. The molecule has 0 fully saturated rings. The van der Waals surface area contributed by atoms with Gasteiger partial charge in [0.05, 0.1) is 0 Å². The molecule has 1 unspecified atom stereocenters. The number of fused-ring (bicyclic) bond motifs is 3. The van der Waals surface area contributed by atoms with Gasteiger partial charge in [-0.25, -0.2) is 5.43 Å². The zero-order valence-electron chi connectivity index (χ0n) is 13.9. The van der Waals surface area contributed by atoms with Gasteiger partial charge in [-0.05, 0) is 51.2 Å². The number of aromatic amines is 1. The van der Waals surface area contributed by atoms with E-state index in [-0.39, 0.29) is 0 Å². The van der Waals surface area contributed by atoms with Crippen molar-refractivity contribution in [2.75, 3.05) is 5.43 Å². The third-order valence-electron chi connectivity index (χ3n) is 4.50.